The van der Waals surface area contributed by atoms with Crippen LogP contribution in [0.5, 0.6) is 0 Å². The first-order valence-electron chi connectivity index (χ1n) is 5.41. The third kappa shape index (κ3) is 1.88. The lowest BCUT2D eigenvalue weighted by molar-refractivity contribution is 0.871. The molecule has 0 aromatic carbocycles. The number of aromatic nitrogens is 4. The predicted octanol–water partition coefficient (Wildman–Crippen LogP) is 1.40. The maximum Gasteiger partial charge on any atom is 0.180 e. The third-order valence-corrected chi connectivity index (χ3v) is 3.25. The van der Waals surface area contributed by atoms with Crippen molar-refractivity contribution in [1.29, 1.82) is 0 Å². The first-order chi connectivity index (χ1) is 8.74. The molecule has 0 unspecified atom stereocenters. The smallest absolute Gasteiger partial charge is 0.180 e. The van der Waals surface area contributed by atoms with Gasteiger partial charge in [-0.15, -0.1) is 11.3 Å². The Kier molecular flexibility index (Phi) is 2.60. The van der Waals surface area contributed by atoms with Crippen LogP contribution in [0.4, 0.5) is 11.6 Å². The lowest BCUT2D eigenvalue weighted by atomic mass is 10.4. The van der Waals surface area contributed by atoms with E-state index in [9.17, 15) is 0 Å². The van der Waals surface area contributed by atoms with Crippen LogP contribution in [0, 0.1) is 0 Å². The van der Waals surface area contributed by atoms with Gasteiger partial charge in [0.25, 0.3) is 0 Å². The zero-order valence-electron chi connectivity index (χ0n) is 9.82. The van der Waals surface area contributed by atoms with Crippen molar-refractivity contribution in [2.24, 2.45) is 0 Å². The molecule has 0 spiro atoms. The number of rotatable bonds is 3. The topological polar surface area (TPSA) is 72.3 Å². The van der Waals surface area contributed by atoms with Crippen LogP contribution in [0.3, 0.4) is 0 Å². The summed E-state index contributed by atoms with van der Waals surface area (Å²) >= 11 is 1.58. The van der Waals surface area contributed by atoms with Crippen LogP contribution < -0.4 is 10.6 Å². The minimum Gasteiger partial charge on any atom is -0.382 e. The average molecular weight is 260 g/mol. The van der Waals surface area contributed by atoms with Gasteiger partial charge in [-0.05, 0) is 0 Å². The fraction of sp³-hybridized carbons (Fsp3) is 0.182. The minimum atomic E-state index is 0.473. The van der Waals surface area contributed by atoms with Crippen LogP contribution in [-0.4, -0.2) is 26.4 Å². The van der Waals surface area contributed by atoms with E-state index < -0.39 is 0 Å². The van der Waals surface area contributed by atoms with E-state index in [4.69, 9.17) is 5.73 Å². The first-order valence-corrected chi connectivity index (χ1v) is 6.36. The Morgan fingerprint density at radius 1 is 1.44 bits per heavy atom. The molecule has 0 bridgehead atoms. The zero-order valence-corrected chi connectivity index (χ0v) is 10.6. The van der Waals surface area contributed by atoms with Crippen molar-refractivity contribution in [2.75, 3.05) is 17.7 Å². The largest absolute Gasteiger partial charge is 0.382 e. The molecule has 0 saturated carbocycles. The van der Waals surface area contributed by atoms with E-state index >= 15 is 0 Å². The van der Waals surface area contributed by atoms with Crippen molar-refractivity contribution in [1.82, 2.24) is 19.4 Å². The van der Waals surface area contributed by atoms with E-state index in [2.05, 4.69) is 15.0 Å². The van der Waals surface area contributed by atoms with Gasteiger partial charge in [0.05, 0.1) is 23.9 Å². The summed E-state index contributed by atoms with van der Waals surface area (Å²) in [4.78, 5) is 14.9. The van der Waals surface area contributed by atoms with Crippen molar-refractivity contribution in [2.45, 2.75) is 6.54 Å². The second kappa shape index (κ2) is 4.26. The minimum absolute atomic E-state index is 0.473. The van der Waals surface area contributed by atoms with Gasteiger partial charge in [0.15, 0.2) is 11.5 Å². The summed E-state index contributed by atoms with van der Waals surface area (Å²) in [6.45, 7) is 0.683. The van der Waals surface area contributed by atoms with Crippen molar-refractivity contribution in [3.63, 3.8) is 0 Å². The molecule has 3 aromatic heterocycles. The zero-order chi connectivity index (χ0) is 12.5. The Morgan fingerprint density at radius 2 is 2.33 bits per heavy atom. The van der Waals surface area contributed by atoms with Crippen molar-refractivity contribution < 1.29 is 0 Å². The Hall–Kier alpha value is -2.15. The lowest BCUT2D eigenvalue weighted by Crippen LogP contribution is -2.19. The number of nitrogens with two attached hydrogens (primary N) is 1. The standard InChI is InChI=1S/C11H12N6S/c1-16(4-8-6-18-7-14-8)11-10-13-2-3-17(10)5-9(12)15-11/h2-3,5-7H,4,12H2,1H3. The summed E-state index contributed by atoms with van der Waals surface area (Å²) in [6.07, 6.45) is 5.34. The van der Waals surface area contributed by atoms with Gasteiger partial charge in [0, 0.05) is 24.8 Å². The molecule has 18 heavy (non-hydrogen) atoms. The van der Waals surface area contributed by atoms with Gasteiger partial charge in [-0.25, -0.2) is 15.0 Å². The predicted molar refractivity (Wildman–Crippen MR) is 71.6 cm³/mol. The molecule has 3 heterocycles. The van der Waals surface area contributed by atoms with Gasteiger partial charge in [-0.2, -0.15) is 0 Å². The molecule has 0 aliphatic heterocycles. The molecule has 0 atom stereocenters. The monoisotopic (exact) mass is 260 g/mol. The van der Waals surface area contributed by atoms with E-state index in [1.54, 1.807) is 23.7 Å². The molecule has 3 aromatic rings. The number of anilines is 2. The Balaban J connectivity index is 2.00. The van der Waals surface area contributed by atoms with Crippen molar-refractivity contribution in [3.05, 3.63) is 35.2 Å². The molecule has 0 aliphatic carbocycles. The van der Waals surface area contributed by atoms with Gasteiger partial charge in [-0.3, -0.25) is 0 Å². The van der Waals surface area contributed by atoms with Crippen LogP contribution in [0.15, 0.2) is 29.5 Å². The molecular weight excluding hydrogens is 248 g/mol. The van der Waals surface area contributed by atoms with Crippen molar-refractivity contribution in [3.8, 4) is 0 Å². The Morgan fingerprint density at radius 3 is 3.11 bits per heavy atom. The Bertz CT molecular complexity index is 659. The van der Waals surface area contributed by atoms with Gasteiger partial charge >= 0.3 is 0 Å². The normalized spacial score (nSPS) is 10.9. The van der Waals surface area contributed by atoms with Gasteiger partial charge < -0.3 is 15.0 Å². The van der Waals surface area contributed by atoms with Gasteiger partial charge in [0.1, 0.15) is 5.82 Å². The quantitative estimate of drug-likeness (QED) is 0.770. The highest BCUT2D eigenvalue weighted by Gasteiger charge is 2.12. The van der Waals surface area contributed by atoms with Crippen LogP contribution >= 0.6 is 11.3 Å². The second-order valence-corrected chi connectivity index (χ2v) is 4.70. The summed E-state index contributed by atoms with van der Waals surface area (Å²) in [7, 11) is 1.95. The van der Waals surface area contributed by atoms with Crippen molar-refractivity contribution >= 4 is 28.6 Å². The highest BCUT2D eigenvalue weighted by molar-refractivity contribution is 7.07. The van der Waals surface area contributed by atoms with E-state index in [1.807, 2.05) is 33.4 Å². The molecule has 92 valence electrons. The lowest BCUT2D eigenvalue weighted by Gasteiger charge is -2.17. The van der Waals surface area contributed by atoms with E-state index in [0.717, 1.165) is 17.2 Å². The number of hydrogen-bond donors (Lipinski definition) is 1. The molecule has 0 fully saturated rings. The molecule has 7 heteroatoms. The highest BCUT2D eigenvalue weighted by atomic mass is 32.1. The van der Waals surface area contributed by atoms with Gasteiger partial charge in [0.2, 0.25) is 0 Å². The number of fused-ring (bicyclic) bond motifs is 1. The Labute approximate surface area is 108 Å². The number of nitrogens with zero attached hydrogens (tertiary/aromatic N) is 5. The molecule has 0 saturated heterocycles. The molecule has 0 amide bonds. The van der Waals surface area contributed by atoms with E-state index in [1.165, 1.54) is 0 Å². The van der Waals surface area contributed by atoms with Crippen LogP contribution in [0.25, 0.3) is 5.65 Å². The van der Waals surface area contributed by atoms with Crippen LogP contribution in [0.2, 0.25) is 0 Å². The van der Waals surface area contributed by atoms with Crippen LogP contribution in [-0.2, 0) is 6.54 Å². The summed E-state index contributed by atoms with van der Waals surface area (Å²) in [6, 6.07) is 0. The fourth-order valence-corrected chi connectivity index (χ4v) is 2.37. The number of nitrogen functional groups attached to an aromatic ring is 1. The number of hydrogen-bond acceptors (Lipinski definition) is 6. The number of thiazole rings is 1. The first kappa shape index (κ1) is 11.0. The molecule has 3 rings (SSSR count). The SMILES string of the molecule is CN(Cc1cscn1)c1nc(N)cn2ccnc12. The highest BCUT2D eigenvalue weighted by Crippen LogP contribution is 2.19. The second-order valence-electron chi connectivity index (χ2n) is 3.98. The maximum atomic E-state index is 5.80. The average Bonchev–Trinajstić information content (AvgIpc) is 2.97. The fourth-order valence-electron chi connectivity index (χ4n) is 1.82. The number of imidazole rings is 1. The summed E-state index contributed by atoms with van der Waals surface area (Å²) in [5.74, 6) is 1.23. The van der Waals surface area contributed by atoms with E-state index in [-0.39, 0.29) is 0 Å². The molecule has 6 nitrogen and oxygen atoms in total. The molecule has 0 radical (unpaired) electrons. The van der Waals surface area contributed by atoms with Gasteiger partial charge in [-0.1, -0.05) is 0 Å². The molecule has 2 N–H and O–H groups in total. The van der Waals surface area contributed by atoms with Crippen LogP contribution in [0.1, 0.15) is 5.69 Å². The summed E-state index contributed by atoms with van der Waals surface area (Å²) < 4.78 is 1.87. The van der Waals surface area contributed by atoms with E-state index in [0.29, 0.717) is 12.4 Å². The summed E-state index contributed by atoms with van der Waals surface area (Å²) in [5, 5.41) is 2.02. The maximum absolute atomic E-state index is 5.80. The third-order valence-electron chi connectivity index (χ3n) is 2.62. The molecule has 0 aliphatic rings. The summed E-state index contributed by atoms with van der Waals surface area (Å²) in [5.41, 5.74) is 9.42. The molecular formula is C11H12N6S.